The summed E-state index contributed by atoms with van der Waals surface area (Å²) in [5.74, 6) is 0.00810. The molecule has 0 spiro atoms. The van der Waals surface area contributed by atoms with Crippen LogP contribution < -0.4 is 10.4 Å². The monoisotopic (exact) mass is 472 g/mol. The first-order chi connectivity index (χ1) is 16.2. The summed E-state index contributed by atoms with van der Waals surface area (Å²) in [5.41, 5.74) is 4.07. The molecule has 0 fully saturated rings. The zero-order valence-electron chi connectivity index (χ0n) is 21.3. The molecule has 0 N–H and O–H groups in total. The molecule has 0 radical (unpaired) electrons. The Hall–Kier alpha value is -2.82. The average molecular weight is 473 g/mol. The van der Waals surface area contributed by atoms with Gasteiger partial charge in [-0.1, -0.05) is 88.4 Å². The lowest BCUT2D eigenvalue weighted by atomic mass is 9.89. The Morgan fingerprint density at radius 1 is 0.941 bits per heavy atom. The molecule has 0 aliphatic rings. The number of benzene rings is 3. The van der Waals surface area contributed by atoms with Crippen LogP contribution in [0.4, 0.5) is 0 Å². The molecule has 3 aromatic carbocycles. The maximum atomic E-state index is 12.6. The second-order valence-corrected chi connectivity index (χ2v) is 14.2. The van der Waals surface area contributed by atoms with Crippen molar-refractivity contribution in [2.24, 2.45) is 0 Å². The van der Waals surface area contributed by atoms with E-state index in [1.807, 2.05) is 39.0 Å². The average Bonchev–Trinajstić information content (AvgIpc) is 2.83. The van der Waals surface area contributed by atoms with Gasteiger partial charge < -0.3 is 4.43 Å². The van der Waals surface area contributed by atoms with Crippen LogP contribution in [0.3, 0.4) is 0 Å². The molecular weight excluding hydrogens is 436 g/mol. The second-order valence-electron chi connectivity index (χ2n) is 9.92. The molecule has 4 heteroatoms. The van der Waals surface area contributed by atoms with E-state index in [-0.39, 0.29) is 10.8 Å². The largest absolute Gasteiger partial charge is 0.407 e. The van der Waals surface area contributed by atoms with Crippen molar-refractivity contribution in [3.63, 3.8) is 0 Å². The lowest BCUT2D eigenvalue weighted by Gasteiger charge is -2.43. The van der Waals surface area contributed by atoms with E-state index < -0.39 is 8.32 Å². The summed E-state index contributed by atoms with van der Waals surface area (Å²) >= 11 is 0. The number of aryl methyl sites for hydroxylation is 1. The number of hydrogen-bond donors (Lipinski definition) is 0. The minimum atomic E-state index is -2.62. The molecule has 0 aliphatic heterocycles. The normalized spacial score (nSPS) is 11.9. The van der Waals surface area contributed by atoms with Gasteiger partial charge in [-0.05, 0) is 58.4 Å². The molecule has 0 saturated heterocycles. The van der Waals surface area contributed by atoms with E-state index in [0.29, 0.717) is 30.6 Å². The summed E-state index contributed by atoms with van der Waals surface area (Å²) in [6, 6.07) is 23.1. The third-order valence-electron chi connectivity index (χ3n) is 6.78. The van der Waals surface area contributed by atoms with Crippen LogP contribution in [0, 0.1) is 13.8 Å². The van der Waals surface area contributed by atoms with Gasteiger partial charge in [0.2, 0.25) is 0 Å². The molecule has 0 aliphatic carbocycles. The van der Waals surface area contributed by atoms with E-state index in [1.165, 1.54) is 10.4 Å². The van der Waals surface area contributed by atoms with Gasteiger partial charge in [-0.25, -0.2) is 0 Å². The molecule has 0 bridgehead atoms. The van der Waals surface area contributed by atoms with Gasteiger partial charge in [-0.15, -0.1) is 0 Å². The quantitative estimate of drug-likeness (QED) is 0.224. The zero-order chi connectivity index (χ0) is 24.9. The summed E-state index contributed by atoms with van der Waals surface area (Å²) in [6.07, 6.45) is 1.86. The maximum Gasteiger partial charge on any atom is 0.261 e. The Kier molecular flexibility index (Phi) is 8.06. The van der Waals surface area contributed by atoms with Crippen molar-refractivity contribution < 1.29 is 14.0 Å². The number of Topliss-reactive ketones (excluding diaryl/α,β-unsaturated/α-hetero) is 1. The first-order valence-electron chi connectivity index (χ1n) is 12.0. The van der Waals surface area contributed by atoms with Gasteiger partial charge in [-0.2, -0.15) is 0 Å². The van der Waals surface area contributed by atoms with Crippen LogP contribution in [0.1, 0.15) is 71.5 Å². The second kappa shape index (κ2) is 10.6. The van der Waals surface area contributed by atoms with Gasteiger partial charge >= 0.3 is 0 Å². The molecule has 178 valence electrons. The Balaban J connectivity index is 2.04. The molecular formula is C30H36O3Si. The van der Waals surface area contributed by atoms with E-state index in [1.54, 1.807) is 0 Å². The topological polar surface area (TPSA) is 43.4 Å². The number of carbonyl (C=O) groups excluding carboxylic acids is 2. The molecule has 3 rings (SSSR count). The minimum Gasteiger partial charge on any atom is -0.407 e. The van der Waals surface area contributed by atoms with Crippen LogP contribution in [0.2, 0.25) is 5.04 Å². The fourth-order valence-electron chi connectivity index (χ4n) is 5.15. The third-order valence-corrected chi connectivity index (χ3v) is 11.8. The van der Waals surface area contributed by atoms with E-state index in [2.05, 4.69) is 69.3 Å². The predicted molar refractivity (Wildman–Crippen MR) is 143 cm³/mol. The minimum absolute atomic E-state index is 0.00810. The summed E-state index contributed by atoms with van der Waals surface area (Å²) in [6.45, 7) is 13.2. The molecule has 0 amide bonds. The summed E-state index contributed by atoms with van der Waals surface area (Å²) in [5, 5.41) is 2.41. The lowest BCUT2D eigenvalue weighted by molar-refractivity contribution is 0.0980. The van der Waals surface area contributed by atoms with Gasteiger partial charge in [0.1, 0.15) is 0 Å². The Bertz CT molecular complexity index is 1110. The number of carbonyl (C=O) groups is 2. The van der Waals surface area contributed by atoms with Gasteiger partial charge in [0.15, 0.2) is 12.1 Å². The standard InChI is InChI=1S/C30H36O3Si/c1-7-28(32)29-23(3)27(22(2)20-24(29)21-31)18-19-33-34(30(4,5)6,25-14-10-8-11-15-25)26-16-12-9-13-17-26/h8-17,20-21H,7,18-19H2,1-6H3. The fraction of sp³-hybridized carbons (Fsp3) is 0.333. The van der Waals surface area contributed by atoms with Crippen molar-refractivity contribution in [1.82, 2.24) is 0 Å². The summed E-state index contributed by atoms with van der Waals surface area (Å²) < 4.78 is 7.05. The highest BCUT2D eigenvalue weighted by Gasteiger charge is 2.50. The van der Waals surface area contributed by atoms with Crippen LogP contribution >= 0.6 is 0 Å². The lowest BCUT2D eigenvalue weighted by Crippen LogP contribution is -2.66. The van der Waals surface area contributed by atoms with Crippen molar-refractivity contribution in [1.29, 1.82) is 0 Å². The van der Waals surface area contributed by atoms with E-state index in [9.17, 15) is 9.59 Å². The molecule has 34 heavy (non-hydrogen) atoms. The molecule has 0 atom stereocenters. The molecule has 3 nitrogen and oxygen atoms in total. The van der Waals surface area contributed by atoms with Crippen molar-refractivity contribution in [2.45, 2.75) is 59.4 Å². The van der Waals surface area contributed by atoms with Crippen LogP contribution in [0.25, 0.3) is 0 Å². The highest BCUT2D eigenvalue weighted by molar-refractivity contribution is 6.99. The highest BCUT2D eigenvalue weighted by Crippen LogP contribution is 2.37. The molecule has 0 heterocycles. The van der Waals surface area contributed by atoms with Crippen molar-refractivity contribution in [3.8, 4) is 0 Å². The van der Waals surface area contributed by atoms with E-state index in [4.69, 9.17) is 4.43 Å². The number of ketones is 1. The first-order valence-corrected chi connectivity index (χ1v) is 13.9. The van der Waals surface area contributed by atoms with Crippen LogP contribution in [-0.4, -0.2) is 27.0 Å². The van der Waals surface area contributed by atoms with Gasteiger partial charge in [0.25, 0.3) is 8.32 Å². The third kappa shape index (κ3) is 4.84. The number of hydrogen-bond acceptors (Lipinski definition) is 3. The Morgan fingerprint density at radius 3 is 1.91 bits per heavy atom. The van der Waals surface area contributed by atoms with Crippen LogP contribution in [0.15, 0.2) is 66.7 Å². The SMILES string of the molecule is CCC(=O)c1c(C=O)cc(C)c(CCO[Si](c2ccccc2)(c2ccccc2)C(C)(C)C)c1C. The zero-order valence-corrected chi connectivity index (χ0v) is 22.3. The fourth-order valence-corrected chi connectivity index (χ4v) is 9.71. The molecule has 0 aromatic heterocycles. The van der Waals surface area contributed by atoms with Gasteiger partial charge in [0, 0.05) is 24.2 Å². The molecule has 0 saturated carbocycles. The molecule has 0 unspecified atom stereocenters. The Labute approximate surface area is 205 Å². The van der Waals surface area contributed by atoms with Gasteiger partial charge in [-0.3, -0.25) is 9.59 Å². The van der Waals surface area contributed by atoms with Crippen molar-refractivity contribution >= 4 is 30.8 Å². The summed E-state index contributed by atoms with van der Waals surface area (Å²) in [4.78, 5) is 24.3. The number of rotatable bonds is 9. The van der Waals surface area contributed by atoms with Gasteiger partial charge in [0.05, 0.1) is 0 Å². The maximum absolute atomic E-state index is 12.6. The van der Waals surface area contributed by atoms with E-state index in [0.717, 1.165) is 23.0 Å². The number of aldehydes is 1. The predicted octanol–water partition coefficient (Wildman–Crippen LogP) is 5.83. The smallest absolute Gasteiger partial charge is 0.261 e. The summed E-state index contributed by atoms with van der Waals surface area (Å²) in [7, 11) is -2.62. The molecule has 3 aromatic rings. The Morgan fingerprint density at radius 2 is 1.47 bits per heavy atom. The van der Waals surface area contributed by atoms with Crippen molar-refractivity contribution in [2.75, 3.05) is 6.61 Å². The van der Waals surface area contributed by atoms with Crippen molar-refractivity contribution in [3.05, 3.63) is 94.5 Å². The van der Waals surface area contributed by atoms with Crippen LogP contribution in [-0.2, 0) is 10.8 Å². The first kappa shape index (κ1) is 25.8. The highest BCUT2D eigenvalue weighted by atomic mass is 28.4. The van der Waals surface area contributed by atoms with Crippen LogP contribution in [0.5, 0.6) is 0 Å². The van der Waals surface area contributed by atoms with E-state index >= 15 is 0 Å².